The highest BCUT2D eigenvalue weighted by Crippen LogP contribution is 2.15. The molecule has 2 heterocycles. The molecule has 0 bridgehead atoms. The Morgan fingerprint density at radius 1 is 1.61 bits per heavy atom. The molecule has 1 aliphatic heterocycles. The van der Waals surface area contributed by atoms with Gasteiger partial charge in [0.05, 0.1) is 18.5 Å². The highest BCUT2D eigenvalue weighted by Gasteiger charge is 2.25. The van der Waals surface area contributed by atoms with E-state index < -0.39 is 0 Å². The Morgan fingerprint density at radius 3 is 3.17 bits per heavy atom. The lowest BCUT2D eigenvalue weighted by Gasteiger charge is -2.32. The molecule has 0 aliphatic carbocycles. The number of ether oxygens (including phenoxy) is 1. The molecule has 0 N–H and O–H groups in total. The SMILES string of the molecule is CCOC1CCCN(C(=O)c2cncc(Cl)n2)C1. The largest absolute Gasteiger partial charge is 0.377 e. The molecular formula is C12H16ClN3O2. The van der Waals surface area contributed by atoms with Crippen molar-refractivity contribution in [3.8, 4) is 0 Å². The molecule has 0 radical (unpaired) electrons. The van der Waals surface area contributed by atoms with Crippen LogP contribution >= 0.6 is 11.6 Å². The second-order valence-electron chi connectivity index (χ2n) is 4.20. The van der Waals surface area contributed by atoms with Crippen LogP contribution in [0.4, 0.5) is 0 Å². The summed E-state index contributed by atoms with van der Waals surface area (Å²) in [5, 5.41) is 0.235. The third-order valence-electron chi connectivity index (χ3n) is 2.89. The summed E-state index contributed by atoms with van der Waals surface area (Å²) in [5.74, 6) is -0.130. The van der Waals surface area contributed by atoms with Gasteiger partial charge in [-0.2, -0.15) is 0 Å². The number of carbonyl (C=O) groups is 1. The number of aromatic nitrogens is 2. The summed E-state index contributed by atoms with van der Waals surface area (Å²) < 4.78 is 5.57. The molecule has 0 spiro atoms. The van der Waals surface area contributed by atoms with E-state index in [9.17, 15) is 4.79 Å². The Labute approximate surface area is 111 Å². The highest BCUT2D eigenvalue weighted by atomic mass is 35.5. The number of piperidine rings is 1. The first-order valence-electron chi connectivity index (χ1n) is 6.09. The van der Waals surface area contributed by atoms with Gasteiger partial charge in [0.25, 0.3) is 5.91 Å². The average Bonchev–Trinajstić information content (AvgIpc) is 2.39. The minimum Gasteiger partial charge on any atom is -0.377 e. The van der Waals surface area contributed by atoms with Crippen molar-refractivity contribution in [1.29, 1.82) is 0 Å². The van der Waals surface area contributed by atoms with E-state index in [1.54, 1.807) is 4.90 Å². The summed E-state index contributed by atoms with van der Waals surface area (Å²) in [6.07, 6.45) is 4.93. The topological polar surface area (TPSA) is 55.3 Å². The molecule has 98 valence electrons. The lowest BCUT2D eigenvalue weighted by Crippen LogP contribution is -2.43. The summed E-state index contributed by atoms with van der Waals surface area (Å²) in [5.41, 5.74) is 0.291. The first-order chi connectivity index (χ1) is 8.70. The van der Waals surface area contributed by atoms with Crippen molar-refractivity contribution >= 4 is 17.5 Å². The van der Waals surface area contributed by atoms with Crippen LogP contribution in [-0.2, 0) is 4.74 Å². The Bertz CT molecular complexity index is 426. The molecule has 1 aromatic rings. The summed E-state index contributed by atoms with van der Waals surface area (Å²) in [4.78, 5) is 21.8. The van der Waals surface area contributed by atoms with E-state index >= 15 is 0 Å². The number of likely N-dealkylation sites (tertiary alicyclic amines) is 1. The van der Waals surface area contributed by atoms with Crippen LogP contribution in [0.15, 0.2) is 12.4 Å². The van der Waals surface area contributed by atoms with Crippen molar-refractivity contribution in [2.45, 2.75) is 25.9 Å². The first kappa shape index (κ1) is 13.2. The van der Waals surface area contributed by atoms with Crippen molar-refractivity contribution < 1.29 is 9.53 Å². The van der Waals surface area contributed by atoms with Crippen LogP contribution in [0.3, 0.4) is 0 Å². The van der Waals surface area contributed by atoms with Gasteiger partial charge >= 0.3 is 0 Å². The lowest BCUT2D eigenvalue weighted by atomic mass is 10.1. The molecule has 1 amide bonds. The van der Waals surface area contributed by atoms with Crippen LogP contribution in [0, 0.1) is 0 Å². The second kappa shape index (κ2) is 6.11. The zero-order valence-electron chi connectivity index (χ0n) is 10.3. The van der Waals surface area contributed by atoms with Crippen LogP contribution < -0.4 is 0 Å². The van der Waals surface area contributed by atoms with E-state index in [0.717, 1.165) is 19.4 Å². The zero-order chi connectivity index (χ0) is 13.0. The van der Waals surface area contributed by atoms with Gasteiger partial charge in [-0.1, -0.05) is 11.6 Å². The van der Waals surface area contributed by atoms with Crippen LogP contribution in [0.5, 0.6) is 0 Å². The van der Waals surface area contributed by atoms with E-state index in [-0.39, 0.29) is 17.2 Å². The van der Waals surface area contributed by atoms with E-state index in [1.165, 1.54) is 12.4 Å². The van der Waals surface area contributed by atoms with Gasteiger partial charge in [-0.05, 0) is 19.8 Å². The number of hydrogen-bond acceptors (Lipinski definition) is 4. The van der Waals surface area contributed by atoms with Crippen LogP contribution in [0.2, 0.25) is 5.15 Å². The van der Waals surface area contributed by atoms with Crippen molar-refractivity contribution in [1.82, 2.24) is 14.9 Å². The van der Waals surface area contributed by atoms with E-state index in [4.69, 9.17) is 16.3 Å². The predicted octanol–water partition coefficient (Wildman–Crippen LogP) is 1.77. The maximum absolute atomic E-state index is 12.2. The zero-order valence-corrected chi connectivity index (χ0v) is 11.1. The Hall–Kier alpha value is -1.20. The van der Waals surface area contributed by atoms with Gasteiger partial charge in [-0.3, -0.25) is 9.78 Å². The molecule has 18 heavy (non-hydrogen) atoms. The third kappa shape index (κ3) is 3.17. The van der Waals surface area contributed by atoms with Gasteiger partial charge < -0.3 is 9.64 Å². The molecule has 0 aromatic carbocycles. The minimum atomic E-state index is -0.130. The van der Waals surface area contributed by atoms with Crippen molar-refractivity contribution in [3.63, 3.8) is 0 Å². The van der Waals surface area contributed by atoms with Gasteiger partial charge in [0, 0.05) is 19.7 Å². The Balaban J connectivity index is 2.04. The average molecular weight is 270 g/mol. The number of carbonyl (C=O) groups excluding carboxylic acids is 1. The molecule has 1 fully saturated rings. The van der Waals surface area contributed by atoms with Gasteiger partial charge in [-0.15, -0.1) is 0 Å². The smallest absolute Gasteiger partial charge is 0.274 e. The molecule has 1 atom stereocenters. The fraction of sp³-hybridized carbons (Fsp3) is 0.583. The van der Waals surface area contributed by atoms with Crippen molar-refractivity contribution in [2.75, 3.05) is 19.7 Å². The van der Waals surface area contributed by atoms with E-state index in [1.807, 2.05) is 6.92 Å². The van der Waals surface area contributed by atoms with E-state index in [0.29, 0.717) is 18.8 Å². The molecular weight excluding hydrogens is 254 g/mol. The fourth-order valence-electron chi connectivity index (χ4n) is 2.10. The summed E-state index contributed by atoms with van der Waals surface area (Å²) in [7, 11) is 0. The molecule has 5 nitrogen and oxygen atoms in total. The molecule has 1 saturated heterocycles. The molecule has 0 saturated carbocycles. The molecule has 2 rings (SSSR count). The molecule has 1 aliphatic rings. The quantitative estimate of drug-likeness (QED) is 0.839. The number of nitrogens with zero attached hydrogens (tertiary/aromatic N) is 3. The maximum Gasteiger partial charge on any atom is 0.274 e. The summed E-state index contributed by atoms with van der Waals surface area (Å²) in [6, 6.07) is 0. The summed E-state index contributed by atoms with van der Waals surface area (Å²) >= 11 is 5.74. The normalized spacial score (nSPS) is 19.9. The molecule has 1 aromatic heterocycles. The first-order valence-corrected chi connectivity index (χ1v) is 6.47. The predicted molar refractivity (Wildman–Crippen MR) is 67.6 cm³/mol. The monoisotopic (exact) mass is 269 g/mol. The number of rotatable bonds is 3. The highest BCUT2D eigenvalue weighted by molar-refractivity contribution is 6.29. The van der Waals surface area contributed by atoms with Crippen molar-refractivity contribution in [2.24, 2.45) is 0 Å². The van der Waals surface area contributed by atoms with Crippen molar-refractivity contribution in [3.05, 3.63) is 23.2 Å². The van der Waals surface area contributed by atoms with E-state index in [2.05, 4.69) is 9.97 Å². The van der Waals surface area contributed by atoms with Crippen LogP contribution in [0.25, 0.3) is 0 Å². The van der Waals surface area contributed by atoms with Crippen LogP contribution in [0.1, 0.15) is 30.3 Å². The Kier molecular flexibility index (Phi) is 4.49. The summed E-state index contributed by atoms with van der Waals surface area (Å²) in [6.45, 7) is 3.98. The molecule has 1 unspecified atom stereocenters. The lowest BCUT2D eigenvalue weighted by molar-refractivity contribution is 0.00701. The maximum atomic E-state index is 12.2. The second-order valence-corrected chi connectivity index (χ2v) is 4.59. The molecule has 6 heteroatoms. The van der Waals surface area contributed by atoms with Gasteiger partial charge in [0.2, 0.25) is 0 Å². The Morgan fingerprint density at radius 2 is 2.44 bits per heavy atom. The van der Waals surface area contributed by atoms with Gasteiger partial charge in [0.15, 0.2) is 0 Å². The number of hydrogen-bond donors (Lipinski definition) is 0. The number of amides is 1. The standard InChI is InChI=1S/C12H16ClN3O2/c1-2-18-9-4-3-5-16(8-9)12(17)10-6-14-7-11(13)15-10/h6-7,9H,2-5,8H2,1H3. The number of halogens is 1. The van der Waals surface area contributed by atoms with Gasteiger partial charge in [0.1, 0.15) is 10.8 Å². The van der Waals surface area contributed by atoms with Gasteiger partial charge in [-0.25, -0.2) is 4.98 Å². The fourth-order valence-corrected chi connectivity index (χ4v) is 2.25. The third-order valence-corrected chi connectivity index (χ3v) is 3.07. The minimum absolute atomic E-state index is 0.125. The van der Waals surface area contributed by atoms with Crippen LogP contribution in [-0.4, -0.2) is 46.6 Å².